The Morgan fingerprint density at radius 2 is 1.80 bits per heavy atom. The van der Waals surface area contributed by atoms with Gasteiger partial charge in [0.15, 0.2) is 0 Å². The van der Waals surface area contributed by atoms with E-state index in [0.717, 1.165) is 29.9 Å². The Balaban J connectivity index is 1.50. The highest BCUT2D eigenvalue weighted by atomic mass is 32.2. The zero-order chi connectivity index (χ0) is 21.5. The maximum atomic E-state index is 12.2. The van der Waals surface area contributed by atoms with Crippen molar-refractivity contribution < 1.29 is 14.3 Å². The number of para-hydroxylation sites is 1. The molecule has 0 aliphatic carbocycles. The van der Waals surface area contributed by atoms with Gasteiger partial charge in [-0.1, -0.05) is 68.2 Å². The van der Waals surface area contributed by atoms with Gasteiger partial charge in [-0.2, -0.15) is 0 Å². The second kappa shape index (κ2) is 10.6. The number of carbonyl (C=O) groups is 1. The molecule has 30 heavy (non-hydrogen) atoms. The van der Waals surface area contributed by atoms with E-state index in [2.05, 4.69) is 26.0 Å². The van der Waals surface area contributed by atoms with Gasteiger partial charge in [0.05, 0.1) is 18.1 Å². The van der Waals surface area contributed by atoms with Crippen LogP contribution in [0.15, 0.2) is 53.4 Å². The predicted molar refractivity (Wildman–Crippen MR) is 128 cm³/mol. The van der Waals surface area contributed by atoms with E-state index >= 15 is 0 Å². The summed E-state index contributed by atoms with van der Waals surface area (Å²) in [4.78, 5) is 14.3. The molecule has 1 atom stereocenters. The van der Waals surface area contributed by atoms with Crippen molar-refractivity contribution in [3.05, 3.63) is 64.6 Å². The van der Waals surface area contributed by atoms with Crippen LogP contribution in [0.3, 0.4) is 0 Å². The Morgan fingerprint density at radius 3 is 2.47 bits per heavy atom. The van der Waals surface area contributed by atoms with Crippen molar-refractivity contribution in [1.29, 1.82) is 0 Å². The number of hydrogen-bond donors (Lipinski definition) is 0. The number of rotatable bonds is 9. The molecule has 2 aromatic carbocycles. The third-order valence-electron chi connectivity index (χ3n) is 5.07. The Kier molecular flexibility index (Phi) is 7.94. The lowest BCUT2D eigenvalue weighted by Crippen LogP contribution is -2.22. The van der Waals surface area contributed by atoms with Crippen molar-refractivity contribution in [1.82, 2.24) is 4.90 Å². The van der Waals surface area contributed by atoms with Crippen LogP contribution in [0.5, 0.6) is 11.5 Å². The Hall–Kier alpha value is -2.31. The van der Waals surface area contributed by atoms with Gasteiger partial charge in [0, 0.05) is 19.0 Å². The van der Waals surface area contributed by atoms with E-state index in [1.807, 2.05) is 42.5 Å². The average Bonchev–Trinajstić information content (AvgIpc) is 3.01. The molecule has 158 valence electrons. The average molecular weight is 442 g/mol. The molecule has 0 bridgehead atoms. The third-order valence-corrected chi connectivity index (χ3v) is 6.55. The van der Waals surface area contributed by atoms with Gasteiger partial charge >= 0.3 is 0 Å². The minimum Gasteiger partial charge on any atom is -0.493 e. The highest BCUT2D eigenvalue weighted by Gasteiger charge is 2.28. The first-order valence-electron chi connectivity index (χ1n) is 10.2. The fraction of sp³-hybridized carbons (Fsp3) is 0.333. The molecule has 0 spiro atoms. The minimum absolute atomic E-state index is 0.0763. The summed E-state index contributed by atoms with van der Waals surface area (Å²) in [5.74, 6) is 2.12. The van der Waals surface area contributed by atoms with Crippen molar-refractivity contribution >= 4 is 40.3 Å². The second-order valence-electron chi connectivity index (χ2n) is 7.21. The van der Waals surface area contributed by atoms with Crippen LogP contribution in [0.4, 0.5) is 0 Å². The van der Waals surface area contributed by atoms with Crippen molar-refractivity contribution in [2.75, 3.05) is 20.3 Å². The van der Waals surface area contributed by atoms with Gasteiger partial charge in [0.2, 0.25) is 0 Å². The van der Waals surface area contributed by atoms with E-state index in [-0.39, 0.29) is 5.91 Å². The quantitative estimate of drug-likeness (QED) is 0.276. The van der Waals surface area contributed by atoms with Crippen LogP contribution in [-0.4, -0.2) is 35.4 Å². The van der Waals surface area contributed by atoms with Crippen LogP contribution in [-0.2, 0) is 4.79 Å². The van der Waals surface area contributed by atoms with Crippen LogP contribution in [0.1, 0.15) is 43.7 Å². The van der Waals surface area contributed by atoms with Crippen LogP contribution < -0.4 is 9.47 Å². The number of nitrogens with zero attached hydrogens (tertiary/aromatic N) is 1. The van der Waals surface area contributed by atoms with Gasteiger partial charge in [0.1, 0.15) is 15.8 Å². The molecule has 1 saturated heterocycles. The molecule has 0 aromatic heterocycles. The zero-order valence-corrected chi connectivity index (χ0v) is 19.2. The number of likely N-dealkylation sites (N-methyl/N-ethyl adjacent to an activating group) is 1. The molecule has 2 aromatic rings. The Bertz CT molecular complexity index is 924. The van der Waals surface area contributed by atoms with E-state index in [1.54, 1.807) is 7.05 Å². The number of thioether (sulfide) groups is 1. The van der Waals surface area contributed by atoms with Crippen molar-refractivity contribution in [3.8, 4) is 11.5 Å². The largest absolute Gasteiger partial charge is 0.493 e. The SMILES string of the molecule is CC[C@H](C)c1ccc(OCCCOc2ccccc2/C=C2\SC(=S)N(C)C2=O)cc1. The molecular weight excluding hydrogens is 414 g/mol. The summed E-state index contributed by atoms with van der Waals surface area (Å²) in [7, 11) is 1.69. The standard InChI is InChI=1S/C24H27NO3S2/c1-4-17(2)18-10-12-20(13-11-18)27-14-7-15-28-21-9-6-5-8-19(21)16-22-23(26)25(3)24(29)30-22/h5-6,8-13,16-17H,4,7,14-15H2,1-3H3/b22-16-/t17-/m0/s1. The first kappa shape index (κ1) is 22.4. The lowest BCUT2D eigenvalue weighted by molar-refractivity contribution is -0.121. The van der Waals surface area contributed by atoms with E-state index in [9.17, 15) is 4.79 Å². The first-order chi connectivity index (χ1) is 14.5. The van der Waals surface area contributed by atoms with Crippen LogP contribution in [0.25, 0.3) is 6.08 Å². The molecule has 4 nitrogen and oxygen atoms in total. The van der Waals surface area contributed by atoms with Gasteiger partial charge in [-0.3, -0.25) is 9.69 Å². The molecule has 3 rings (SSSR count). The number of hydrogen-bond acceptors (Lipinski definition) is 5. The Morgan fingerprint density at radius 1 is 1.10 bits per heavy atom. The number of thiocarbonyl (C=S) groups is 1. The van der Waals surface area contributed by atoms with Gasteiger partial charge in [0.25, 0.3) is 5.91 Å². The van der Waals surface area contributed by atoms with E-state index in [4.69, 9.17) is 21.7 Å². The predicted octanol–water partition coefficient (Wildman–Crippen LogP) is 5.88. The third kappa shape index (κ3) is 5.64. The highest BCUT2D eigenvalue weighted by Crippen LogP contribution is 2.33. The maximum absolute atomic E-state index is 12.2. The number of amides is 1. The van der Waals surface area contributed by atoms with Gasteiger partial charge < -0.3 is 9.47 Å². The topological polar surface area (TPSA) is 38.8 Å². The summed E-state index contributed by atoms with van der Waals surface area (Å²) in [5.41, 5.74) is 2.21. The van der Waals surface area contributed by atoms with E-state index in [0.29, 0.717) is 28.4 Å². The molecule has 0 N–H and O–H groups in total. The van der Waals surface area contributed by atoms with Crippen LogP contribution in [0.2, 0.25) is 0 Å². The summed E-state index contributed by atoms with van der Waals surface area (Å²) >= 11 is 6.50. The molecule has 1 aliphatic rings. The minimum atomic E-state index is -0.0763. The normalized spacial score (nSPS) is 16.2. The lowest BCUT2D eigenvalue weighted by atomic mass is 9.99. The smallest absolute Gasteiger partial charge is 0.265 e. The Labute approximate surface area is 188 Å². The fourth-order valence-corrected chi connectivity index (χ4v) is 4.15. The molecule has 0 radical (unpaired) electrons. The fourth-order valence-electron chi connectivity index (χ4n) is 2.98. The molecular formula is C24H27NO3S2. The maximum Gasteiger partial charge on any atom is 0.265 e. The highest BCUT2D eigenvalue weighted by molar-refractivity contribution is 8.26. The first-order valence-corrected chi connectivity index (χ1v) is 11.4. The van der Waals surface area contributed by atoms with Crippen LogP contribution in [0, 0.1) is 0 Å². The molecule has 1 aliphatic heterocycles. The lowest BCUT2D eigenvalue weighted by Gasteiger charge is -2.12. The van der Waals surface area contributed by atoms with E-state index < -0.39 is 0 Å². The monoisotopic (exact) mass is 441 g/mol. The summed E-state index contributed by atoms with van der Waals surface area (Å²) < 4.78 is 12.3. The van der Waals surface area contributed by atoms with E-state index in [1.165, 1.54) is 22.2 Å². The van der Waals surface area contributed by atoms with Gasteiger partial charge in [-0.25, -0.2) is 0 Å². The van der Waals surface area contributed by atoms with Crippen molar-refractivity contribution in [3.63, 3.8) is 0 Å². The molecule has 1 heterocycles. The molecule has 0 saturated carbocycles. The number of ether oxygens (including phenoxy) is 2. The molecule has 1 fully saturated rings. The van der Waals surface area contributed by atoms with Crippen LogP contribution >= 0.6 is 24.0 Å². The molecule has 6 heteroatoms. The number of benzene rings is 2. The van der Waals surface area contributed by atoms with Gasteiger partial charge in [-0.05, 0) is 42.2 Å². The number of carbonyl (C=O) groups excluding carboxylic acids is 1. The summed E-state index contributed by atoms with van der Waals surface area (Å²) in [6.45, 7) is 5.54. The molecule has 0 unspecified atom stereocenters. The summed E-state index contributed by atoms with van der Waals surface area (Å²) in [6, 6.07) is 16.0. The van der Waals surface area contributed by atoms with Crippen molar-refractivity contribution in [2.45, 2.75) is 32.6 Å². The molecule has 1 amide bonds. The van der Waals surface area contributed by atoms with Gasteiger partial charge in [-0.15, -0.1) is 0 Å². The summed E-state index contributed by atoms with van der Waals surface area (Å²) in [5, 5.41) is 0. The van der Waals surface area contributed by atoms with Crippen molar-refractivity contribution in [2.24, 2.45) is 0 Å². The second-order valence-corrected chi connectivity index (χ2v) is 8.88. The summed E-state index contributed by atoms with van der Waals surface area (Å²) in [6.07, 6.45) is 3.73. The zero-order valence-electron chi connectivity index (χ0n) is 17.6.